The summed E-state index contributed by atoms with van der Waals surface area (Å²) < 4.78 is 0. The fourth-order valence-electron chi connectivity index (χ4n) is 0.808. The molecule has 0 unspecified atom stereocenters. The van der Waals surface area contributed by atoms with E-state index in [9.17, 15) is 0 Å². The van der Waals surface area contributed by atoms with Crippen LogP contribution in [0.25, 0.3) is 0 Å². The minimum absolute atomic E-state index is 0.594. The molecule has 0 aliphatic rings. The zero-order valence-electron chi connectivity index (χ0n) is 6.87. The minimum atomic E-state index is 0.594. The molecule has 0 amide bonds. The lowest BCUT2D eigenvalue weighted by molar-refractivity contribution is 0.210. The fourth-order valence-corrected chi connectivity index (χ4v) is 0.808. The van der Waals surface area contributed by atoms with E-state index < -0.39 is 0 Å². The van der Waals surface area contributed by atoms with Gasteiger partial charge in [0.1, 0.15) is 0 Å². The van der Waals surface area contributed by atoms with Crippen LogP contribution < -0.4 is 5.48 Å². The van der Waals surface area contributed by atoms with Gasteiger partial charge in [0, 0.05) is 0 Å². The molecule has 0 aliphatic carbocycles. The first-order valence-corrected chi connectivity index (χ1v) is 3.74. The third-order valence-corrected chi connectivity index (χ3v) is 1.33. The van der Waals surface area contributed by atoms with Crippen molar-refractivity contribution in [3.05, 3.63) is 29.8 Å². The summed E-state index contributed by atoms with van der Waals surface area (Å²) in [6, 6.07) is 9.18. The highest BCUT2D eigenvalue weighted by Crippen LogP contribution is 2.08. The number of hydrogen-bond acceptors (Lipinski definition) is 3. The van der Waals surface area contributed by atoms with Gasteiger partial charge < -0.3 is 0 Å². The van der Waals surface area contributed by atoms with Crippen molar-refractivity contribution in [2.45, 2.75) is 6.92 Å². The van der Waals surface area contributed by atoms with E-state index in [1.54, 1.807) is 18.2 Å². The summed E-state index contributed by atoms with van der Waals surface area (Å²) >= 11 is 0. The normalized spacial score (nSPS) is 9.00. The summed E-state index contributed by atoms with van der Waals surface area (Å²) in [6.07, 6.45) is 0. The second-order valence-corrected chi connectivity index (χ2v) is 2.23. The molecular formula is C9H10N2O. The molecule has 3 heteroatoms. The average molecular weight is 162 g/mol. The first-order valence-electron chi connectivity index (χ1n) is 3.74. The molecule has 3 nitrogen and oxygen atoms in total. The molecule has 0 fully saturated rings. The van der Waals surface area contributed by atoms with Crippen LogP contribution in [0.3, 0.4) is 0 Å². The van der Waals surface area contributed by atoms with Crippen molar-refractivity contribution in [3.8, 4) is 6.07 Å². The van der Waals surface area contributed by atoms with Crippen LogP contribution >= 0.6 is 0 Å². The fraction of sp³-hybridized carbons (Fsp3) is 0.222. The van der Waals surface area contributed by atoms with Gasteiger partial charge in [-0.1, -0.05) is 6.07 Å². The molecule has 0 saturated heterocycles. The van der Waals surface area contributed by atoms with E-state index in [1.807, 2.05) is 19.1 Å². The molecule has 0 radical (unpaired) electrons. The maximum absolute atomic E-state index is 8.57. The van der Waals surface area contributed by atoms with Gasteiger partial charge in [0.15, 0.2) is 0 Å². The van der Waals surface area contributed by atoms with E-state index >= 15 is 0 Å². The Kier molecular flexibility index (Phi) is 3.12. The van der Waals surface area contributed by atoms with Crippen LogP contribution in [-0.2, 0) is 4.84 Å². The van der Waals surface area contributed by atoms with Crippen molar-refractivity contribution in [3.63, 3.8) is 0 Å². The van der Waals surface area contributed by atoms with Crippen LogP contribution in [0.2, 0.25) is 0 Å². The predicted molar refractivity (Wildman–Crippen MR) is 46.4 cm³/mol. The zero-order chi connectivity index (χ0) is 8.81. The van der Waals surface area contributed by atoms with E-state index in [1.165, 1.54) is 0 Å². The van der Waals surface area contributed by atoms with Crippen molar-refractivity contribution < 1.29 is 4.84 Å². The van der Waals surface area contributed by atoms with Crippen LogP contribution in [0.4, 0.5) is 5.69 Å². The molecule has 0 saturated carbocycles. The van der Waals surface area contributed by atoms with Crippen LogP contribution in [0.15, 0.2) is 24.3 Å². The predicted octanol–water partition coefficient (Wildman–Crippen LogP) is 1.92. The van der Waals surface area contributed by atoms with E-state index in [2.05, 4.69) is 5.48 Å². The lowest BCUT2D eigenvalue weighted by Crippen LogP contribution is -1.99. The molecule has 12 heavy (non-hydrogen) atoms. The Balaban J connectivity index is 2.68. The lowest BCUT2D eigenvalue weighted by atomic mass is 10.2. The van der Waals surface area contributed by atoms with Crippen LogP contribution in [0.5, 0.6) is 0 Å². The molecule has 1 N–H and O–H groups in total. The molecule has 1 aromatic carbocycles. The standard InChI is InChI=1S/C9H10N2O/c1-2-12-11-9-5-3-4-8(6-9)7-10/h3-6,11H,2H2,1H3. The highest BCUT2D eigenvalue weighted by molar-refractivity contribution is 5.47. The van der Waals surface area contributed by atoms with Gasteiger partial charge in [-0.3, -0.25) is 10.3 Å². The quantitative estimate of drug-likeness (QED) is 0.690. The number of nitrogens with one attached hydrogen (secondary N) is 1. The number of anilines is 1. The lowest BCUT2D eigenvalue weighted by Gasteiger charge is -2.03. The first kappa shape index (κ1) is 8.57. The highest BCUT2D eigenvalue weighted by Gasteiger charge is 1.92. The molecule has 0 bridgehead atoms. The average Bonchev–Trinajstić information content (AvgIpc) is 2.15. The minimum Gasteiger partial charge on any atom is -0.276 e. The zero-order valence-corrected chi connectivity index (χ0v) is 6.87. The van der Waals surface area contributed by atoms with Gasteiger partial charge in [0.25, 0.3) is 0 Å². The van der Waals surface area contributed by atoms with Gasteiger partial charge >= 0.3 is 0 Å². The second kappa shape index (κ2) is 4.37. The summed E-state index contributed by atoms with van der Waals surface area (Å²) in [5.74, 6) is 0. The first-order chi connectivity index (χ1) is 5.86. The topological polar surface area (TPSA) is 45.0 Å². The molecule has 62 valence electrons. The highest BCUT2D eigenvalue weighted by atomic mass is 16.6. The van der Waals surface area contributed by atoms with Crippen molar-refractivity contribution in [2.24, 2.45) is 0 Å². The molecule has 0 aliphatic heterocycles. The van der Waals surface area contributed by atoms with Gasteiger partial charge in [-0.25, -0.2) is 0 Å². The Morgan fingerprint density at radius 1 is 1.58 bits per heavy atom. The Morgan fingerprint density at radius 3 is 3.08 bits per heavy atom. The summed E-state index contributed by atoms with van der Waals surface area (Å²) in [4.78, 5) is 4.96. The maximum Gasteiger partial charge on any atom is 0.0992 e. The smallest absolute Gasteiger partial charge is 0.0992 e. The Bertz CT molecular complexity index is 291. The van der Waals surface area contributed by atoms with Crippen molar-refractivity contribution >= 4 is 5.69 Å². The largest absolute Gasteiger partial charge is 0.276 e. The SMILES string of the molecule is CCONc1cccc(C#N)c1. The van der Waals surface area contributed by atoms with Gasteiger partial charge in [-0.2, -0.15) is 5.26 Å². The molecule has 0 spiro atoms. The van der Waals surface area contributed by atoms with Crippen molar-refractivity contribution in [1.29, 1.82) is 5.26 Å². The Hall–Kier alpha value is -1.53. The number of benzene rings is 1. The second-order valence-electron chi connectivity index (χ2n) is 2.23. The molecule has 0 aromatic heterocycles. The maximum atomic E-state index is 8.57. The van der Waals surface area contributed by atoms with Crippen molar-refractivity contribution in [2.75, 3.05) is 12.1 Å². The Labute approximate surface area is 71.5 Å². The van der Waals surface area contributed by atoms with Gasteiger partial charge in [0.2, 0.25) is 0 Å². The number of nitrogens with zero attached hydrogens (tertiary/aromatic N) is 1. The summed E-state index contributed by atoms with van der Waals surface area (Å²) in [5.41, 5.74) is 4.14. The van der Waals surface area contributed by atoms with E-state index in [-0.39, 0.29) is 0 Å². The molecule has 0 atom stereocenters. The third-order valence-electron chi connectivity index (χ3n) is 1.33. The van der Waals surface area contributed by atoms with Gasteiger partial charge in [0.05, 0.1) is 23.9 Å². The number of rotatable bonds is 3. The van der Waals surface area contributed by atoms with Crippen LogP contribution in [-0.4, -0.2) is 6.61 Å². The number of hydrogen-bond donors (Lipinski definition) is 1. The van der Waals surface area contributed by atoms with E-state index in [4.69, 9.17) is 10.1 Å². The van der Waals surface area contributed by atoms with Crippen molar-refractivity contribution in [1.82, 2.24) is 0 Å². The monoisotopic (exact) mass is 162 g/mol. The number of nitriles is 1. The summed E-state index contributed by atoms with van der Waals surface area (Å²) in [5, 5.41) is 8.57. The summed E-state index contributed by atoms with van der Waals surface area (Å²) in [6.45, 7) is 2.48. The molecule has 1 aromatic rings. The molecular weight excluding hydrogens is 152 g/mol. The Morgan fingerprint density at radius 2 is 2.42 bits per heavy atom. The van der Waals surface area contributed by atoms with Crippen LogP contribution in [0, 0.1) is 11.3 Å². The van der Waals surface area contributed by atoms with Crippen LogP contribution in [0.1, 0.15) is 12.5 Å². The third kappa shape index (κ3) is 2.26. The molecule has 1 rings (SSSR count). The van der Waals surface area contributed by atoms with Gasteiger partial charge in [-0.05, 0) is 25.1 Å². The summed E-state index contributed by atoms with van der Waals surface area (Å²) in [7, 11) is 0. The molecule has 0 heterocycles. The van der Waals surface area contributed by atoms with E-state index in [0.717, 1.165) is 5.69 Å². The van der Waals surface area contributed by atoms with E-state index in [0.29, 0.717) is 12.2 Å². The van der Waals surface area contributed by atoms with Gasteiger partial charge in [-0.15, -0.1) is 0 Å².